The van der Waals surface area contributed by atoms with Crippen LogP contribution in [0.3, 0.4) is 0 Å². The molecule has 0 amide bonds. The predicted octanol–water partition coefficient (Wildman–Crippen LogP) is 3.81. The number of rotatable bonds is 3. The predicted molar refractivity (Wildman–Crippen MR) is 81.3 cm³/mol. The fourth-order valence-corrected chi connectivity index (χ4v) is 5.99. The topological polar surface area (TPSA) is 43.8 Å². The minimum absolute atomic E-state index is 0.510. The molecule has 2 N–H and O–H groups in total. The summed E-state index contributed by atoms with van der Waals surface area (Å²) in [7, 11) is 0. The molecule has 4 saturated carbocycles. The third-order valence-electron chi connectivity index (χ3n) is 6.66. The Kier molecular flexibility index (Phi) is 2.71. The van der Waals surface area contributed by atoms with Crippen LogP contribution in [0.5, 0.6) is 0 Å². The lowest BCUT2D eigenvalue weighted by Gasteiger charge is -2.59. The number of nitrogens with two attached hydrogens (primary N) is 1. The second-order valence-corrected chi connectivity index (χ2v) is 7.80. The highest BCUT2D eigenvalue weighted by molar-refractivity contribution is 5.39. The lowest BCUT2D eigenvalue weighted by molar-refractivity contribution is -0.0660. The Morgan fingerprint density at radius 2 is 1.80 bits per heavy atom. The van der Waals surface area contributed by atoms with Crippen LogP contribution in [-0.4, -0.2) is 9.55 Å². The summed E-state index contributed by atoms with van der Waals surface area (Å²) in [6.45, 7) is 5.45. The SMILES string of the molecule is CCn1cnc(C(C)C23CC4CC(CC(C4)C2)C3)c1N. The van der Waals surface area contributed by atoms with E-state index >= 15 is 0 Å². The van der Waals surface area contributed by atoms with Gasteiger partial charge in [-0.1, -0.05) is 6.92 Å². The Balaban J connectivity index is 1.67. The minimum Gasteiger partial charge on any atom is -0.384 e. The van der Waals surface area contributed by atoms with E-state index in [-0.39, 0.29) is 0 Å². The standard InChI is InChI=1S/C17H27N3/c1-3-20-10-19-15(16(20)18)11(2)17-7-12-4-13(8-17)6-14(5-12)9-17/h10-14H,3-9,18H2,1-2H3. The molecule has 0 radical (unpaired) electrons. The van der Waals surface area contributed by atoms with Crippen LogP contribution in [0.25, 0.3) is 0 Å². The van der Waals surface area contributed by atoms with Crippen molar-refractivity contribution in [2.24, 2.45) is 23.2 Å². The normalized spacial score (nSPS) is 40.2. The number of hydrogen-bond donors (Lipinski definition) is 1. The Bertz CT molecular complexity index is 481. The lowest BCUT2D eigenvalue weighted by atomic mass is 9.46. The first-order chi connectivity index (χ1) is 9.61. The van der Waals surface area contributed by atoms with Gasteiger partial charge in [0.05, 0.1) is 12.0 Å². The average Bonchev–Trinajstić information content (AvgIpc) is 2.77. The van der Waals surface area contributed by atoms with Crippen LogP contribution in [-0.2, 0) is 6.54 Å². The zero-order valence-corrected chi connectivity index (χ0v) is 12.8. The Morgan fingerprint density at radius 1 is 1.25 bits per heavy atom. The molecule has 0 aliphatic heterocycles. The third-order valence-corrected chi connectivity index (χ3v) is 6.66. The molecule has 4 bridgehead atoms. The molecule has 4 fully saturated rings. The van der Waals surface area contributed by atoms with E-state index in [0.29, 0.717) is 11.3 Å². The Morgan fingerprint density at radius 3 is 2.25 bits per heavy atom. The maximum Gasteiger partial charge on any atom is 0.126 e. The van der Waals surface area contributed by atoms with Gasteiger partial charge in [0.1, 0.15) is 5.82 Å². The summed E-state index contributed by atoms with van der Waals surface area (Å²) in [6, 6.07) is 0. The van der Waals surface area contributed by atoms with Crippen molar-refractivity contribution in [2.45, 2.75) is 64.8 Å². The van der Waals surface area contributed by atoms with E-state index in [1.54, 1.807) is 0 Å². The molecular formula is C17H27N3. The molecule has 3 nitrogen and oxygen atoms in total. The number of nitrogen functional groups attached to an aromatic ring is 1. The van der Waals surface area contributed by atoms with Gasteiger partial charge in [-0.2, -0.15) is 0 Å². The van der Waals surface area contributed by atoms with Gasteiger partial charge < -0.3 is 10.3 Å². The molecule has 5 rings (SSSR count). The molecule has 20 heavy (non-hydrogen) atoms. The van der Waals surface area contributed by atoms with Gasteiger partial charge in [0.15, 0.2) is 0 Å². The quantitative estimate of drug-likeness (QED) is 0.910. The largest absolute Gasteiger partial charge is 0.384 e. The number of nitrogens with zero attached hydrogens (tertiary/aromatic N) is 2. The van der Waals surface area contributed by atoms with E-state index in [4.69, 9.17) is 5.73 Å². The average molecular weight is 273 g/mol. The third kappa shape index (κ3) is 1.68. The second kappa shape index (κ2) is 4.25. The van der Waals surface area contributed by atoms with Gasteiger partial charge in [0.2, 0.25) is 0 Å². The summed E-state index contributed by atoms with van der Waals surface area (Å²) < 4.78 is 2.09. The number of imidazole rings is 1. The second-order valence-electron chi connectivity index (χ2n) is 7.80. The summed E-state index contributed by atoms with van der Waals surface area (Å²) >= 11 is 0. The summed E-state index contributed by atoms with van der Waals surface area (Å²) in [5.74, 6) is 4.44. The van der Waals surface area contributed by atoms with Crippen molar-refractivity contribution < 1.29 is 0 Å². The lowest BCUT2D eigenvalue weighted by Crippen LogP contribution is -2.48. The van der Waals surface area contributed by atoms with Gasteiger partial charge in [-0.25, -0.2) is 4.98 Å². The zero-order chi connectivity index (χ0) is 13.9. The number of aromatic nitrogens is 2. The molecule has 110 valence electrons. The summed E-state index contributed by atoms with van der Waals surface area (Å²) in [5, 5.41) is 0. The van der Waals surface area contributed by atoms with Gasteiger partial charge in [0.25, 0.3) is 0 Å². The van der Waals surface area contributed by atoms with Gasteiger partial charge in [-0.15, -0.1) is 0 Å². The van der Waals surface area contributed by atoms with Gasteiger partial charge in [-0.05, 0) is 68.6 Å². The van der Waals surface area contributed by atoms with Crippen molar-refractivity contribution in [1.82, 2.24) is 9.55 Å². The van der Waals surface area contributed by atoms with E-state index in [9.17, 15) is 0 Å². The maximum atomic E-state index is 6.33. The van der Waals surface area contributed by atoms with Crippen LogP contribution in [0.4, 0.5) is 5.82 Å². The molecule has 0 saturated heterocycles. The molecule has 1 unspecified atom stereocenters. The van der Waals surface area contributed by atoms with E-state index in [2.05, 4.69) is 23.4 Å². The molecular weight excluding hydrogens is 246 g/mol. The number of anilines is 1. The molecule has 4 aliphatic carbocycles. The minimum atomic E-state index is 0.510. The highest BCUT2D eigenvalue weighted by Crippen LogP contribution is 2.64. The highest BCUT2D eigenvalue weighted by Gasteiger charge is 2.53. The first kappa shape index (κ1) is 12.7. The molecule has 1 atom stereocenters. The fraction of sp³-hybridized carbons (Fsp3) is 0.824. The van der Waals surface area contributed by atoms with Crippen molar-refractivity contribution in [3.05, 3.63) is 12.0 Å². The van der Waals surface area contributed by atoms with Crippen LogP contribution in [0.2, 0.25) is 0 Å². The smallest absolute Gasteiger partial charge is 0.126 e. The number of aryl methyl sites for hydroxylation is 1. The van der Waals surface area contributed by atoms with Crippen LogP contribution >= 0.6 is 0 Å². The molecule has 1 heterocycles. The van der Waals surface area contributed by atoms with Crippen LogP contribution in [0.15, 0.2) is 6.33 Å². The first-order valence-corrected chi connectivity index (χ1v) is 8.42. The Hall–Kier alpha value is -0.990. The van der Waals surface area contributed by atoms with Gasteiger partial charge in [0, 0.05) is 12.5 Å². The fourth-order valence-electron chi connectivity index (χ4n) is 5.99. The molecule has 3 heteroatoms. The monoisotopic (exact) mass is 273 g/mol. The highest BCUT2D eigenvalue weighted by atomic mass is 15.1. The summed E-state index contributed by atoms with van der Waals surface area (Å²) in [4.78, 5) is 4.68. The van der Waals surface area contributed by atoms with Crippen LogP contribution < -0.4 is 5.73 Å². The zero-order valence-electron chi connectivity index (χ0n) is 12.8. The van der Waals surface area contributed by atoms with Gasteiger partial charge >= 0.3 is 0 Å². The molecule has 0 aromatic carbocycles. The van der Waals surface area contributed by atoms with Crippen molar-refractivity contribution in [1.29, 1.82) is 0 Å². The number of hydrogen-bond acceptors (Lipinski definition) is 2. The molecule has 1 aromatic rings. The summed E-state index contributed by atoms with van der Waals surface area (Å²) in [6.07, 6.45) is 10.7. The van der Waals surface area contributed by atoms with E-state index in [0.717, 1.165) is 30.1 Å². The van der Waals surface area contributed by atoms with Crippen LogP contribution in [0.1, 0.15) is 64.0 Å². The van der Waals surface area contributed by atoms with Crippen molar-refractivity contribution in [3.63, 3.8) is 0 Å². The first-order valence-electron chi connectivity index (χ1n) is 8.42. The van der Waals surface area contributed by atoms with E-state index in [1.165, 1.54) is 44.2 Å². The van der Waals surface area contributed by atoms with Crippen LogP contribution in [0, 0.1) is 23.2 Å². The maximum absolute atomic E-state index is 6.33. The van der Waals surface area contributed by atoms with Crippen molar-refractivity contribution in [3.8, 4) is 0 Å². The van der Waals surface area contributed by atoms with E-state index < -0.39 is 0 Å². The molecule has 1 aromatic heterocycles. The van der Waals surface area contributed by atoms with Crippen molar-refractivity contribution >= 4 is 5.82 Å². The van der Waals surface area contributed by atoms with E-state index in [1.807, 2.05) is 6.33 Å². The Labute approximate surface area is 122 Å². The van der Waals surface area contributed by atoms with Crippen molar-refractivity contribution in [2.75, 3.05) is 5.73 Å². The molecule has 0 spiro atoms. The van der Waals surface area contributed by atoms with Gasteiger partial charge in [-0.3, -0.25) is 0 Å². The molecule has 4 aliphatic rings. The summed E-state index contributed by atoms with van der Waals surface area (Å²) in [5.41, 5.74) is 8.02.